The fraction of sp³-hybridized carbons (Fsp3) is 1.00. The summed E-state index contributed by atoms with van der Waals surface area (Å²) in [7, 11) is 3.15. The Morgan fingerprint density at radius 1 is 0.826 bits per heavy atom. The van der Waals surface area contributed by atoms with Gasteiger partial charge in [-0.05, 0) is 31.1 Å². The monoisotopic (exact) mass is 482 g/mol. The number of hydrogen-bond acceptors (Lipinski definition) is 6. The molecule has 0 aromatic rings. The zero-order valence-electron chi connectivity index (χ0n) is 14.1. The standard InChI is InChI=1S/C15H28O6.2Y/c1-18-12(6-16)8-20-14-10-3-4-11(5-10)15(14)21-9-13(7-17)19-2;;/h10-17H,3-9H2,1-2H3;;. The van der Waals surface area contributed by atoms with Gasteiger partial charge in [0.25, 0.3) is 0 Å². The summed E-state index contributed by atoms with van der Waals surface area (Å²) in [4.78, 5) is 0. The van der Waals surface area contributed by atoms with Gasteiger partial charge in [0.1, 0.15) is 12.2 Å². The van der Waals surface area contributed by atoms with E-state index in [-0.39, 0.29) is 103 Å². The molecule has 2 aliphatic rings. The van der Waals surface area contributed by atoms with E-state index in [2.05, 4.69) is 0 Å². The Balaban J connectivity index is 0.00000242. The second kappa shape index (κ2) is 13.2. The average molecular weight is 482 g/mol. The van der Waals surface area contributed by atoms with Crippen LogP contribution >= 0.6 is 0 Å². The molecule has 0 saturated heterocycles. The summed E-state index contributed by atoms with van der Waals surface area (Å²) < 4.78 is 22.2. The predicted octanol–water partition coefficient (Wildman–Crippen LogP) is 0.196. The Bertz CT molecular complexity index is 274. The van der Waals surface area contributed by atoms with Crippen molar-refractivity contribution in [2.24, 2.45) is 11.8 Å². The van der Waals surface area contributed by atoms with Crippen molar-refractivity contribution in [3.05, 3.63) is 0 Å². The van der Waals surface area contributed by atoms with Gasteiger partial charge in [-0.15, -0.1) is 0 Å². The Labute approximate surface area is 189 Å². The van der Waals surface area contributed by atoms with Crippen LogP contribution in [0.1, 0.15) is 19.3 Å². The molecule has 130 valence electrons. The van der Waals surface area contributed by atoms with Gasteiger partial charge in [-0.1, -0.05) is 0 Å². The minimum absolute atomic E-state index is 0. The van der Waals surface area contributed by atoms with E-state index < -0.39 is 0 Å². The molecule has 2 bridgehead atoms. The third-order valence-corrected chi connectivity index (χ3v) is 4.79. The minimum atomic E-state index is -0.283. The summed E-state index contributed by atoms with van der Waals surface area (Å²) in [5.41, 5.74) is 0. The molecule has 0 amide bonds. The number of fused-ring (bicyclic) bond motifs is 2. The van der Waals surface area contributed by atoms with Crippen molar-refractivity contribution in [3.8, 4) is 0 Å². The number of aliphatic hydroxyl groups excluding tert-OH is 2. The molecule has 0 spiro atoms. The smallest absolute Gasteiger partial charge is 0.103 e. The first kappa shape index (κ1) is 25.0. The molecule has 8 heteroatoms. The molecule has 0 aromatic heterocycles. The van der Waals surface area contributed by atoms with Gasteiger partial charge >= 0.3 is 0 Å². The molecule has 0 aliphatic heterocycles. The minimum Gasteiger partial charge on any atom is -0.394 e. The second-order valence-corrected chi connectivity index (χ2v) is 6.01. The van der Waals surface area contributed by atoms with Crippen LogP contribution in [0, 0.1) is 11.8 Å². The number of ether oxygens (including phenoxy) is 4. The van der Waals surface area contributed by atoms with Crippen LogP contribution in [0.5, 0.6) is 0 Å². The van der Waals surface area contributed by atoms with Crippen LogP contribution in [0.4, 0.5) is 0 Å². The third-order valence-electron chi connectivity index (χ3n) is 4.79. The van der Waals surface area contributed by atoms with Crippen molar-refractivity contribution in [1.82, 2.24) is 0 Å². The van der Waals surface area contributed by atoms with Crippen LogP contribution in [0.3, 0.4) is 0 Å². The van der Waals surface area contributed by atoms with E-state index in [0.717, 1.165) is 6.42 Å². The summed E-state index contributed by atoms with van der Waals surface area (Å²) in [6, 6.07) is 0. The van der Waals surface area contributed by atoms with Gasteiger partial charge in [-0.3, -0.25) is 0 Å². The second-order valence-electron chi connectivity index (χ2n) is 6.01. The molecule has 2 saturated carbocycles. The molecule has 2 aliphatic carbocycles. The van der Waals surface area contributed by atoms with E-state index >= 15 is 0 Å². The molecule has 6 unspecified atom stereocenters. The molecule has 6 atom stereocenters. The van der Waals surface area contributed by atoms with Gasteiger partial charge in [0, 0.05) is 79.6 Å². The van der Waals surface area contributed by atoms with Crippen LogP contribution in [0.25, 0.3) is 0 Å². The summed E-state index contributed by atoms with van der Waals surface area (Å²) in [6.07, 6.45) is 3.05. The van der Waals surface area contributed by atoms with Gasteiger partial charge in [0.05, 0.1) is 38.6 Å². The van der Waals surface area contributed by atoms with Gasteiger partial charge < -0.3 is 29.2 Å². The van der Waals surface area contributed by atoms with Crippen LogP contribution < -0.4 is 0 Å². The van der Waals surface area contributed by atoms with Crippen molar-refractivity contribution >= 4 is 0 Å². The molecule has 0 heterocycles. The van der Waals surface area contributed by atoms with Gasteiger partial charge in [-0.25, -0.2) is 0 Å². The topological polar surface area (TPSA) is 77.4 Å². The first-order valence-corrected chi connectivity index (χ1v) is 7.74. The van der Waals surface area contributed by atoms with Crippen LogP contribution in [0.2, 0.25) is 0 Å². The van der Waals surface area contributed by atoms with Gasteiger partial charge in [0.15, 0.2) is 0 Å². The largest absolute Gasteiger partial charge is 0.394 e. The van der Waals surface area contributed by atoms with E-state index in [9.17, 15) is 0 Å². The first-order valence-electron chi connectivity index (χ1n) is 7.74. The zero-order valence-corrected chi connectivity index (χ0v) is 19.8. The Kier molecular flexibility index (Phi) is 14.3. The van der Waals surface area contributed by atoms with Crippen molar-refractivity contribution < 1.29 is 94.6 Å². The van der Waals surface area contributed by atoms with Crippen LogP contribution in [-0.2, 0) is 84.4 Å². The molecule has 6 nitrogen and oxygen atoms in total. The summed E-state index contributed by atoms with van der Waals surface area (Å²) in [6.45, 7) is 0.682. The SMILES string of the molecule is COC(CO)COC1C2CCC(C2)C1OCC(CO)OC.[Y].[Y]. The molecule has 23 heavy (non-hydrogen) atoms. The zero-order chi connectivity index (χ0) is 15.2. The predicted molar refractivity (Wildman–Crippen MR) is 76.1 cm³/mol. The molecular formula is C15H28O6Y2. The van der Waals surface area contributed by atoms with E-state index in [1.807, 2.05) is 0 Å². The normalized spacial score (nSPS) is 31.3. The van der Waals surface area contributed by atoms with E-state index in [0.29, 0.717) is 25.0 Å². The molecular weight excluding hydrogens is 454 g/mol. The number of rotatable bonds is 10. The first-order chi connectivity index (χ1) is 10.2. The Hall–Kier alpha value is 1.97. The Morgan fingerprint density at radius 2 is 1.22 bits per heavy atom. The molecule has 2 rings (SSSR count). The van der Waals surface area contributed by atoms with Crippen molar-refractivity contribution in [1.29, 1.82) is 0 Å². The van der Waals surface area contributed by atoms with Crippen LogP contribution in [0.15, 0.2) is 0 Å². The van der Waals surface area contributed by atoms with E-state index in [4.69, 9.17) is 29.2 Å². The van der Waals surface area contributed by atoms with Crippen molar-refractivity contribution in [2.45, 2.75) is 43.7 Å². The van der Waals surface area contributed by atoms with E-state index in [1.54, 1.807) is 14.2 Å². The van der Waals surface area contributed by atoms with Gasteiger partial charge in [0.2, 0.25) is 0 Å². The number of hydrogen-bond donors (Lipinski definition) is 2. The summed E-state index contributed by atoms with van der Waals surface area (Å²) in [5.74, 6) is 1.07. The van der Waals surface area contributed by atoms with Crippen LogP contribution in [-0.4, -0.2) is 75.3 Å². The molecule has 0 aromatic carbocycles. The van der Waals surface area contributed by atoms with Crippen molar-refractivity contribution in [2.75, 3.05) is 40.6 Å². The summed E-state index contributed by atoms with van der Waals surface area (Å²) in [5, 5.41) is 18.3. The average Bonchev–Trinajstić information content (AvgIpc) is 3.11. The summed E-state index contributed by atoms with van der Waals surface area (Å²) >= 11 is 0. The van der Waals surface area contributed by atoms with Gasteiger partial charge in [-0.2, -0.15) is 0 Å². The molecule has 2 fully saturated rings. The maximum absolute atomic E-state index is 9.16. The fourth-order valence-corrected chi connectivity index (χ4v) is 3.48. The quantitative estimate of drug-likeness (QED) is 0.464. The maximum atomic E-state index is 9.16. The molecule has 2 radical (unpaired) electrons. The maximum Gasteiger partial charge on any atom is 0.103 e. The number of methoxy groups -OCH3 is 2. The fourth-order valence-electron chi connectivity index (χ4n) is 3.48. The third kappa shape index (κ3) is 6.89. The number of aliphatic hydroxyl groups is 2. The van der Waals surface area contributed by atoms with Crippen molar-refractivity contribution in [3.63, 3.8) is 0 Å². The van der Waals surface area contributed by atoms with E-state index in [1.165, 1.54) is 12.8 Å². The Morgan fingerprint density at radius 3 is 1.52 bits per heavy atom. The molecule has 2 N–H and O–H groups in total.